The summed E-state index contributed by atoms with van der Waals surface area (Å²) in [6, 6.07) is 12.9. The number of morpholine rings is 1. The van der Waals surface area contributed by atoms with Gasteiger partial charge in [0, 0.05) is 13.1 Å². The Hall–Kier alpha value is -2.86. The molecule has 6 heteroatoms. The summed E-state index contributed by atoms with van der Waals surface area (Å²) in [5, 5.41) is 2.85. The third kappa shape index (κ3) is 4.51. The minimum atomic E-state index is -0.702. The highest BCUT2D eigenvalue weighted by Gasteiger charge is 2.23. The number of aryl methyl sites for hydroxylation is 2. The maximum absolute atomic E-state index is 12.8. The van der Waals surface area contributed by atoms with E-state index in [9.17, 15) is 9.59 Å². The summed E-state index contributed by atoms with van der Waals surface area (Å²) in [6.45, 7) is 7.75. The van der Waals surface area contributed by atoms with E-state index < -0.39 is 6.10 Å². The summed E-state index contributed by atoms with van der Waals surface area (Å²) in [5.41, 5.74) is 2.91. The van der Waals surface area contributed by atoms with Crippen molar-refractivity contribution in [2.75, 3.05) is 31.6 Å². The van der Waals surface area contributed by atoms with Crippen LogP contribution in [0.25, 0.3) is 0 Å². The van der Waals surface area contributed by atoms with Gasteiger partial charge < -0.3 is 19.7 Å². The summed E-state index contributed by atoms with van der Waals surface area (Å²) in [4.78, 5) is 27.3. The summed E-state index contributed by atoms with van der Waals surface area (Å²) in [5.74, 6) is 0.301. The van der Waals surface area contributed by atoms with Crippen molar-refractivity contribution in [1.29, 1.82) is 0 Å². The minimum absolute atomic E-state index is 0.109. The second kappa shape index (κ2) is 8.89. The van der Waals surface area contributed by atoms with Crippen LogP contribution in [0.2, 0.25) is 0 Å². The van der Waals surface area contributed by atoms with Crippen molar-refractivity contribution in [3.8, 4) is 5.75 Å². The number of rotatable bonds is 5. The van der Waals surface area contributed by atoms with Gasteiger partial charge in [-0.25, -0.2) is 0 Å². The van der Waals surface area contributed by atoms with Crippen LogP contribution in [0, 0.1) is 13.8 Å². The Bertz CT molecular complexity index is 839. The van der Waals surface area contributed by atoms with Crippen LogP contribution in [-0.2, 0) is 9.53 Å². The summed E-state index contributed by atoms with van der Waals surface area (Å²) in [6.07, 6.45) is -0.702. The van der Waals surface area contributed by atoms with Gasteiger partial charge in [-0.2, -0.15) is 0 Å². The molecule has 1 aliphatic heterocycles. The van der Waals surface area contributed by atoms with E-state index in [1.807, 2.05) is 32.0 Å². The number of carbonyl (C=O) groups is 2. The lowest BCUT2D eigenvalue weighted by atomic mass is 10.1. The van der Waals surface area contributed by atoms with Crippen LogP contribution in [-0.4, -0.2) is 49.1 Å². The first-order valence-corrected chi connectivity index (χ1v) is 9.47. The van der Waals surface area contributed by atoms with E-state index in [2.05, 4.69) is 5.32 Å². The molecule has 0 saturated carbocycles. The quantitative estimate of drug-likeness (QED) is 0.862. The van der Waals surface area contributed by atoms with E-state index in [1.165, 1.54) is 0 Å². The van der Waals surface area contributed by atoms with Crippen molar-refractivity contribution in [2.45, 2.75) is 26.9 Å². The molecule has 0 bridgehead atoms. The largest absolute Gasteiger partial charge is 0.480 e. The molecular weight excluding hydrogens is 356 g/mol. The lowest BCUT2D eigenvalue weighted by Gasteiger charge is -2.27. The number of benzene rings is 2. The Morgan fingerprint density at radius 1 is 1.04 bits per heavy atom. The number of nitrogens with one attached hydrogen (secondary N) is 1. The minimum Gasteiger partial charge on any atom is -0.480 e. The Kier molecular flexibility index (Phi) is 6.31. The number of hydrogen-bond acceptors (Lipinski definition) is 4. The van der Waals surface area contributed by atoms with Gasteiger partial charge in [0.1, 0.15) is 5.75 Å². The number of amides is 2. The molecule has 2 aromatic rings. The molecule has 0 aromatic heterocycles. The number of carbonyl (C=O) groups excluding carboxylic acids is 2. The van der Waals surface area contributed by atoms with Crippen LogP contribution in [0.3, 0.4) is 0 Å². The van der Waals surface area contributed by atoms with Gasteiger partial charge >= 0.3 is 0 Å². The molecule has 1 aliphatic rings. The Balaban J connectivity index is 1.72. The average molecular weight is 382 g/mol. The first-order chi connectivity index (χ1) is 13.5. The molecule has 148 valence electrons. The molecule has 2 amide bonds. The fourth-order valence-corrected chi connectivity index (χ4v) is 3.17. The van der Waals surface area contributed by atoms with Crippen molar-refractivity contribution < 1.29 is 19.1 Å². The zero-order chi connectivity index (χ0) is 20.1. The molecule has 1 atom stereocenters. The predicted molar refractivity (Wildman–Crippen MR) is 108 cm³/mol. The van der Waals surface area contributed by atoms with E-state index in [1.54, 1.807) is 36.1 Å². The topological polar surface area (TPSA) is 67.9 Å². The molecule has 0 aliphatic carbocycles. The van der Waals surface area contributed by atoms with Gasteiger partial charge in [0.2, 0.25) is 0 Å². The third-order valence-corrected chi connectivity index (χ3v) is 4.79. The van der Waals surface area contributed by atoms with Crippen LogP contribution < -0.4 is 10.1 Å². The van der Waals surface area contributed by atoms with Crippen LogP contribution in [0.1, 0.15) is 28.4 Å². The van der Waals surface area contributed by atoms with Crippen LogP contribution in [0.15, 0.2) is 42.5 Å². The maximum atomic E-state index is 12.8. The molecule has 1 fully saturated rings. The zero-order valence-electron chi connectivity index (χ0n) is 16.5. The molecule has 1 N–H and O–H groups in total. The Labute approximate surface area is 165 Å². The summed E-state index contributed by atoms with van der Waals surface area (Å²) >= 11 is 0. The normalized spacial score (nSPS) is 15.0. The highest BCUT2D eigenvalue weighted by atomic mass is 16.5. The van der Waals surface area contributed by atoms with E-state index in [4.69, 9.17) is 9.47 Å². The zero-order valence-corrected chi connectivity index (χ0v) is 16.5. The number of para-hydroxylation sites is 2. The van der Waals surface area contributed by atoms with E-state index in [0.29, 0.717) is 43.3 Å². The third-order valence-electron chi connectivity index (χ3n) is 4.79. The SMILES string of the molecule is Cc1cccc(C)c1O[C@@H](C)C(=O)Nc1ccccc1C(=O)N1CCOCC1. The summed E-state index contributed by atoms with van der Waals surface area (Å²) in [7, 11) is 0. The van der Waals surface area contributed by atoms with Crippen molar-refractivity contribution in [1.82, 2.24) is 4.90 Å². The molecule has 3 rings (SSSR count). The highest BCUT2D eigenvalue weighted by Crippen LogP contribution is 2.24. The van der Waals surface area contributed by atoms with Gasteiger partial charge in [-0.05, 0) is 44.0 Å². The fraction of sp³-hybridized carbons (Fsp3) is 0.364. The monoisotopic (exact) mass is 382 g/mol. The molecule has 28 heavy (non-hydrogen) atoms. The van der Waals surface area contributed by atoms with E-state index in [-0.39, 0.29) is 11.8 Å². The van der Waals surface area contributed by atoms with Gasteiger partial charge in [-0.15, -0.1) is 0 Å². The molecular formula is C22H26N2O4. The molecule has 6 nitrogen and oxygen atoms in total. The lowest BCUT2D eigenvalue weighted by molar-refractivity contribution is -0.122. The second-order valence-corrected chi connectivity index (χ2v) is 6.92. The van der Waals surface area contributed by atoms with Crippen molar-refractivity contribution in [3.63, 3.8) is 0 Å². The van der Waals surface area contributed by atoms with Crippen molar-refractivity contribution in [2.24, 2.45) is 0 Å². The van der Waals surface area contributed by atoms with Crippen molar-refractivity contribution in [3.05, 3.63) is 59.2 Å². The molecule has 0 radical (unpaired) electrons. The van der Waals surface area contributed by atoms with Crippen LogP contribution in [0.4, 0.5) is 5.69 Å². The van der Waals surface area contributed by atoms with E-state index >= 15 is 0 Å². The molecule has 2 aromatic carbocycles. The first-order valence-electron chi connectivity index (χ1n) is 9.47. The van der Waals surface area contributed by atoms with Crippen LogP contribution in [0.5, 0.6) is 5.75 Å². The van der Waals surface area contributed by atoms with Gasteiger partial charge in [0.15, 0.2) is 6.10 Å². The highest BCUT2D eigenvalue weighted by molar-refractivity contribution is 6.04. The average Bonchev–Trinajstić information content (AvgIpc) is 2.71. The van der Waals surface area contributed by atoms with Crippen molar-refractivity contribution >= 4 is 17.5 Å². The second-order valence-electron chi connectivity index (χ2n) is 6.92. The smallest absolute Gasteiger partial charge is 0.265 e. The number of anilines is 1. The standard InChI is InChI=1S/C22H26N2O4/c1-15-7-6-8-16(2)20(15)28-17(3)21(25)23-19-10-5-4-9-18(19)22(26)24-11-13-27-14-12-24/h4-10,17H,11-14H2,1-3H3,(H,23,25)/t17-/m0/s1. The first kappa shape index (κ1) is 19.9. The predicted octanol–water partition coefficient (Wildman–Crippen LogP) is 3.18. The van der Waals surface area contributed by atoms with E-state index in [0.717, 1.165) is 11.1 Å². The van der Waals surface area contributed by atoms with Crippen LogP contribution >= 0.6 is 0 Å². The fourth-order valence-electron chi connectivity index (χ4n) is 3.17. The van der Waals surface area contributed by atoms with Gasteiger partial charge in [0.05, 0.1) is 24.5 Å². The Morgan fingerprint density at radius 2 is 1.68 bits per heavy atom. The van der Waals surface area contributed by atoms with Gasteiger partial charge in [0.25, 0.3) is 11.8 Å². The molecule has 1 heterocycles. The van der Waals surface area contributed by atoms with Gasteiger partial charge in [-0.1, -0.05) is 30.3 Å². The number of hydrogen-bond donors (Lipinski definition) is 1. The molecule has 0 unspecified atom stereocenters. The number of nitrogens with zero attached hydrogens (tertiary/aromatic N) is 1. The number of ether oxygens (including phenoxy) is 2. The lowest BCUT2D eigenvalue weighted by Crippen LogP contribution is -2.41. The molecule has 0 spiro atoms. The van der Waals surface area contributed by atoms with Gasteiger partial charge in [-0.3, -0.25) is 9.59 Å². The molecule has 1 saturated heterocycles. The summed E-state index contributed by atoms with van der Waals surface area (Å²) < 4.78 is 11.2. The Morgan fingerprint density at radius 3 is 2.36 bits per heavy atom. The maximum Gasteiger partial charge on any atom is 0.265 e.